The molecule has 1 aliphatic heterocycles. The summed E-state index contributed by atoms with van der Waals surface area (Å²) in [6.45, 7) is 6.18. The van der Waals surface area contributed by atoms with Crippen LogP contribution < -0.4 is 5.32 Å². The summed E-state index contributed by atoms with van der Waals surface area (Å²) in [6.07, 6.45) is 6.21. The van der Waals surface area contributed by atoms with Gasteiger partial charge >= 0.3 is 0 Å². The number of nitrogens with one attached hydrogen (secondary N) is 1. The van der Waals surface area contributed by atoms with E-state index in [0.717, 1.165) is 48.2 Å². The Kier molecular flexibility index (Phi) is 4.93. The van der Waals surface area contributed by atoms with Crippen molar-refractivity contribution in [1.29, 1.82) is 0 Å². The van der Waals surface area contributed by atoms with Crippen molar-refractivity contribution in [3.05, 3.63) is 83.6 Å². The van der Waals surface area contributed by atoms with Crippen LogP contribution in [0.15, 0.2) is 60.9 Å². The van der Waals surface area contributed by atoms with Crippen molar-refractivity contribution in [1.82, 2.24) is 24.3 Å². The fourth-order valence-corrected chi connectivity index (χ4v) is 4.37. The maximum absolute atomic E-state index is 4.91. The normalized spacial score (nSPS) is 16.9. The van der Waals surface area contributed by atoms with Gasteiger partial charge in [0.25, 0.3) is 0 Å². The van der Waals surface area contributed by atoms with Gasteiger partial charge in [-0.25, -0.2) is 15.0 Å². The van der Waals surface area contributed by atoms with Crippen molar-refractivity contribution in [3.8, 4) is 0 Å². The first-order chi connectivity index (χ1) is 14.7. The van der Waals surface area contributed by atoms with E-state index in [4.69, 9.17) is 9.97 Å². The topological polar surface area (TPSA) is 58.4 Å². The van der Waals surface area contributed by atoms with Crippen LogP contribution in [0.2, 0.25) is 0 Å². The molecule has 0 amide bonds. The van der Waals surface area contributed by atoms with E-state index < -0.39 is 0 Å². The number of nitrogens with zero attached hydrogens (tertiary/aromatic N) is 5. The fraction of sp³-hybridized carbons (Fsp3) is 0.292. The number of imidazole rings is 1. The number of rotatable bonds is 5. The van der Waals surface area contributed by atoms with Gasteiger partial charge in [0.1, 0.15) is 17.3 Å². The number of anilines is 2. The Bertz CT molecular complexity index is 1170. The van der Waals surface area contributed by atoms with Crippen LogP contribution in [-0.4, -0.2) is 30.8 Å². The lowest BCUT2D eigenvalue weighted by Gasteiger charge is -2.24. The summed E-state index contributed by atoms with van der Waals surface area (Å²) in [4.78, 5) is 16.6. The Balaban J connectivity index is 1.40. The molecule has 1 unspecified atom stereocenters. The zero-order chi connectivity index (χ0) is 20.5. The minimum Gasteiger partial charge on any atom is -0.325 e. The summed E-state index contributed by atoms with van der Waals surface area (Å²) in [5, 5.41) is 3.31. The number of pyridine rings is 3. The van der Waals surface area contributed by atoms with Crippen LogP contribution in [0.4, 0.5) is 11.6 Å². The Morgan fingerprint density at radius 1 is 1.00 bits per heavy atom. The zero-order valence-electron chi connectivity index (χ0n) is 17.4. The lowest BCUT2D eigenvalue weighted by atomic mass is 10.1. The van der Waals surface area contributed by atoms with E-state index in [1.165, 1.54) is 17.7 Å². The molecular formula is C24H26N6. The van der Waals surface area contributed by atoms with E-state index in [0.29, 0.717) is 6.04 Å². The van der Waals surface area contributed by atoms with E-state index in [1.54, 1.807) is 6.20 Å². The van der Waals surface area contributed by atoms with Gasteiger partial charge in [0.15, 0.2) is 0 Å². The predicted molar refractivity (Wildman–Crippen MR) is 119 cm³/mol. The van der Waals surface area contributed by atoms with E-state index in [9.17, 15) is 0 Å². The van der Waals surface area contributed by atoms with Gasteiger partial charge in [0.05, 0.1) is 23.1 Å². The molecule has 4 aromatic rings. The van der Waals surface area contributed by atoms with Gasteiger partial charge in [-0.15, -0.1) is 0 Å². The van der Waals surface area contributed by atoms with Crippen molar-refractivity contribution in [2.24, 2.45) is 0 Å². The minimum absolute atomic E-state index is 0.310. The van der Waals surface area contributed by atoms with Crippen molar-refractivity contribution in [3.63, 3.8) is 0 Å². The van der Waals surface area contributed by atoms with Crippen molar-refractivity contribution in [2.45, 2.75) is 39.3 Å². The number of hydrogen-bond donors (Lipinski definition) is 1. The van der Waals surface area contributed by atoms with Gasteiger partial charge < -0.3 is 9.72 Å². The average molecular weight is 399 g/mol. The highest BCUT2D eigenvalue weighted by atomic mass is 15.2. The molecule has 4 aromatic heterocycles. The van der Waals surface area contributed by atoms with E-state index >= 15 is 0 Å². The number of fused-ring (bicyclic) bond motifs is 1. The Hall–Kier alpha value is -3.25. The monoisotopic (exact) mass is 398 g/mol. The molecule has 0 aromatic carbocycles. The van der Waals surface area contributed by atoms with E-state index in [2.05, 4.69) is 63.9 Å². The second kappa shape index (κ2) is 7.88. The van der Waals surface area contributed by atoms with Crippen LogP contribution in [-0.2, 0) is 6.54 Å². The second-order valence-corrected chi connectivity index (χ2v) is 7.94. The molecule has 30 heavy (non-hydrogen) atoms. The highest BCUT2D eigenvalue weighted by molar-refractivity contribution is 5.52. The molecule has 1 atom stereocenters. The smallest absolute Gasteiger partial charge is 0.140 e. The first-order valence-corrected chi connectivity index (χ1v) is 10.5. The van der Waals surface area contributed by atoms with Gasteiger partial charge in [-0.1, -0.05) is 18.2 Å². The molecule has 6 heteroatoms. The van der Waals surface area contributed by atoms with Crippen LogP contribution in [0.3, 0.4) is 0 Å². The van der Waals surface area contributed by atoms with Gasteiger partial charge in [-0.05, 0) is 69.1 Å². The standard InChI is InChI=1S/C24H26N6/c1-17-8-6-15-30-21(18(2)26-24(17)30)16-29-14-7-10-20(29)19-9-5-12-23(27-19)28-22-11-3-4-13-25-22/h3-6,8-9,11-13,15,20H,7,10,14,16H2,1-2H3,(H,25,27,28). The van der Waals surface area contributed by atoms with Crippen LogP contribution in [0.1, 0.15) is 41.5 Å². The third-order valence-electron chi connectivity index (χ3n) is 5.89. The third-order valence-corrected chi connectivity index (χ3v) is 5.89. The summed E-state index contributed by atoms with van der Waals surface area (Å²) >= 11 is 0. The summed E-state index contributed by atoms with van der Waals surface area (Å²) < 4.78 is 2.24. The number of aromatic nitrogens is 4. The molecule has 6 nitrogen and oxygen atoms in total. The molecular weight excluding hydrogens is 372 g/mol. The van der Waals surface area contributed by atoms with Crippen molar-refractivity contribution >= 4 is 17.3 Å². The quantitative estimate of drug-likeness (QED) is 0.522. The molecule has 1 N–H and O–H groups in total. The lowest BCUT2D eigenvalue weighted by Crippen LogP contribution is -2.24. The molecule has 1 fully saturated rings. The van der Waals surface area contributed by atoms with Gasteiger partial charge in [0.2, 0.25) is 0 Å². The number of aryl methyl sites for hydroxylation is 2. The summed E-state index contributed by atoms with van der Waals surface area (Å²) in [5.41, 5.74) is 5.74. The van der Waals surface area contributed by atoms with E-state index in [-0.39, 0.29) is 0 Å². The molecule has 0 radical (unpaired) electrons. The van der Waals surface area contributed by atoms with Gasteiger partial charge in [0, 0.05) is 18.9 Å². The molecule has 1 saturated heterocycles. The zero-order valence-corrected chi connectivity index (χ0v) is 17.4. The Labute approximate surface area is 176 Å². The molecule has 5 heterocycles. The van der Waals surface area contributed by atoms with Crippen LogP contribution >= 0.6 is 0 Å². The Morgan fingerprint density at radius 2 is 1.90 bits per heavy atom. The van der Waals surface area contributed by atoms with Crippen molar-refractivity contribution < 1.29 is 0 Å². The number of hydrogen-bond acceptors (Lipinski definition) is 5. The summed E-state index contributed by atoms with van der Waals surface area (Å²) in [7, 11) is 0. The van der Waals surface area contributed by atoms with Crippen LogP contribution in [0.25, 0.3) is 5.65 Å². The van der Waals surface area contributed by atoms with Crippen LogP contribution in [0.5, 0.6) is 0 Å². The largest absolute Gasteiger partial charge is 0.325 e. The second-order valence-electron chi connectivity index (χ2n) is 7.94. The maximum atomic E-state index is 4.91. The first-order valence-electron chi connectivity index (χ1n) is 10.5. The fourth-order valence-electron chi connectivity index (χ4n) is 4.37. The highest BCUT2D eigenvalue weighted by Gasteiger charge is 2.28. The minimum atomic E-state index is 0.310. The third kappa shape index (κ3) is 3.55. The molecule has 0 aliphatic carbocycles. The van der Waals surface area contributed by atoms with Gasteiger partial charge in [-0.2, -0.15) is 0 Å². The summed E-state index contributed by atoms with van der Waals surface area (Å²) in [5.74, 6) is 1.64. The molecule has 5 rings (SSSR count). The van der Waals surface area contributed by atoms with Gasteiger partial charge in [-0.3, -0.25) is 4.90 Å². The SMILES string of the molecule is Cc1nc2c(C)cccn2c1CN1CCCC1c1cccc(Nc2ccccn2)n1. The lowest BCUT2D eigenvalue weighted by molar-refractivity contribution is 0.240. The number of likely N-dealkylation sites (tertiary alicyclic amines) is 1. The molecule has 0 spiro atoms. The van der Waals surface area contributed by atoms with Crippen LogP contribution in [0, 0.1) is 13.8 Å². The first kappa shape index (κ1) is 18.8. The van der Waals surface area contributed by atoms with Crippen molar-refractivity contribution in [2.75, 3.05) is 11.9 Å². The predicted octanol–water partition coefficient (Wildman–Crippen LogP) is 4.82. The maximum Gasteiger partial charge on any atom is 0.140 e. The molecule has 152 valence electrons. The Morgan fingerprint density at radius 3 is 2.77 bits per heavy atom. The highest BCUT2D eigenvalue weighted by Crippen LogP contribution is 2.33. The molecule has 1 aliphatic rings. The average Bonchev–Trinajstić information content (AvgIpc) is 3.35. The molecule has 0 saturated carbocycles. The summed E-state index contributed by atoms with van der Waals surface area (Å²) in [6, 6.07) is 16.6. The van der Waals surface area contributed by atoms with E-state index in [1.807, 2.05) is 24.3 Å². The molecule has 0 bridgehead atoms.